The molecule has 2 rings (SSSR count). The third kappa shape index (κ3) is 2.24. The number of rotatable bonds is 2. The number of nitrogen functional groups attached to an aromatic ring is 1. The molecule has 0 spiro atoms. The van der Waals surface area contributed by atoms with Crippen LogP contribution in [0.5, 0.6) is 0 Å². The normalized spacial score (nSPS) is 25.4. The van der Waals surface area contributed by atoms with Gasteiger partial charge in [-0.05, 0) is 12.8 Å². The molecule has 1 heterocycles. The van der Waals surface area contributed by atoms with Crippen LogP contribution in [0.1, 0.15) is 25.7 Å². The first-order chi connectivity index (χ1) is 7.68. The molecule has 16 heavy (non-hydrogen) atoms. The number of hydrogen-bond acceptors (Lipinski definition) is 5. The topological polar surface area (TPSA) is 75.3 Å². The van der Waals surface area contributed by atoms with E-state index in [0.29, 0.717) is 5.82 Å². The van der Waals surface area contributed by atoms with Crippen molar-refractivity contribution < 1.29 is 5.11 Å². The van der Waals surface area contributed by atoms with Crippen molar-refractivity contribution in [2.75, 3.05) is 17.7 Å². The molecule has 1 aliphatic rings. The van der Waals surface area contributed by atoms with Crippen molar-refractivity contribution >= 4 is 11.6 Å². The molecular weight excluding hydrogens is 204 g/mol. The first-order valence-corrected chi connectivity index (χ1v) is 5.67. The van der Waals surface area contributed by atoms with Crippen LogP contribution in [0.15, 0.2) is 12.4 Å². The number of aromatic nitrogens is 2. The van der Waals surface area contributed by atoms with Gasteiger partial charge in [-0.15, -0.1) is 0 Å². The molecule has 5 heteroatoms. The minimum atomic E-state index is -0.269. The van der Waals surface area contributed by atoms with Crippen molar-refractivity contribution in [2.45, 2.75) is 37.8 Å². The Balaban J connectivity index is 2.14. The summed E-state index contributed by atoms with van der Waals surface area (Å²) in [5.74, 6) is 1.24. The third-order valence-electron chi connectivity index (χ3n) is 3.23. The van der Waals surface area contributed by atoms with Gasteiger partial charge < -0.3 is 15.7 Å². The van der Waals surface area contributed by atoms with Crippen LogP contribution in [-0.4, -0.2) is 34.3 Å². The second-order valence-corrected chi connectivity index (χ2v) is 4.33. The van der Waals surface area contributed by atoms with E-state index >= 15 is 0 Å². The lowest BCUT2D eigenvalue weighted by Crippen LogP contribution is -2.43. The van der Waals surface area contributed by atoms with Crippen LogP contribution in [-0.2, 0) is 0 Å². The van der Waals surface area contributed by atoms with Gasteiger partial charge in [0, 0.05) is 13.1 Å². The number of nitrogens with two attached hydrogens (primary N) is 1. The minimum Gasteiger partial charge on any atom is -0.391 e. The maximum absolute atomic E-state index is 9.95. The molecule has 3 N–H and O–H groups in total. The highest BCUT2D eigenvalue weighted by Gasteiger charge is 2.27. The summed E-state index contributed by atoms with van der Waals surface area (Å²) in [4.78, 5) is 10.0. The van der Waals surface area contributed by atoms with Crippen LogP contribution in [0, 0.1) is 0 Å². The van der Waals surface area contributed by atoms with Crippen molar-refractivity contribution in [2.24, 2.45) is 0 Å². The molecule has 0 aliphatic heterocycles. The molecule has 0 saturated heterocycles. The largest absolute Gasteiger partial charge is 0.391 e. The van der Waals surface area contributed by atoms with E-state index in [0.717, 1.165) is 31.5 Å². The van der Waals surface area contributed by atoms with E-state index in [-0.39, 0.29) is 12.1 Å². The molecule has 0 radical (unpaired) electrons. The van der Waals surface area contributed by atoms with Gasteiger partial charge in [0.05, 0.1) is 12.1 Å². The molecule has 0 bridgehead atoms. The van der Waals surface area contributed by atoms with Crippen molar-refractivity contribution in [3.05, 3.63) is 12.4 Å². The maximum atomic E-state index is 9.95. The fraction of sp³-hybridized carbons (Fsp3) is 0.636. The smallest absolute Gasteiger partial charge is 0.134 e. The van der Waals surface area contributed by atoms with E-state index < -0.39 is 0 Å². The molecule has 1 fully saturated rings. The van der Waals surface area contributed by atoms with Crippen LogP contribution >= 0.6 is 0 Å². The number of nitrogens with zero attached hydrogens (tertiary/aromatic N) is 3. The van der Waals surface area contributed by atoms with Crippen molar-refractivity contribution in [3.8, 4) is 0 Å². The lowest BCUT2D eigenvalue weighted by atomic mass is 9.91. The quantitative estimate of drug-likeness (QED) is 0.774. The van der Waals surface area contributed by atoms with E-state index in [1.54, 1.807) is 6.07 Å². The molecule has 0 amide bonds. The zero-order valence-corrected chi connectivity index (χ0v) is 9.50. The van der Waals surface area contributed by atoms with Gasteiger partial charge >= 0.3 is 0 Å². The highest BCUT2D eigenvalue weighted by Crippen LogP contribution is 2.25. The Labute approximate surface area is 95.3 Å². The highest BCUT2D eigenvalue weighted by atomic mass is 16.3. The molecule has 2 atom stereocenters. The fourth-order valence-corrected chi connectivity index (χ4v) is 2.27. The molecular formula is C11H18N4O. The van der Waals surface area contributed by atoms with Crippen LogP contribution in [0.2, 0.25) is 0 Å². The van der Waals surface area contributed by atoms with Gasteiger partial charge in [0.2, 0.25) is 0 Å². The Morgan fingerprint density at radius 2 is 2.12 bits per heavy atom. The lowest BCUT2D eigenvalue weighted by Gasteiger charge is -2.35. The maximum Gasteiger partial charge on any atom is 0.134 e. The summed E-state index contributed by atoms with van der Waals surface area (Å²) >= 11 is 0. The highest BCUT2D eigenvalue weighted by molar-refractivity contribution is 5.46. The fourth-order valence-electron chi connectivity index (χ4n) is 2.27. The Kier molecular flexibility index (Phi) is 3.24. The van der Waals surface area contributed by atoms with Crippen molar-refractivity contribution in [3.63, 3.8) is 0 Å². The van der Waals surface area contributed by atoms with E-state index in [4.69, 9.17) is 5.73 Å². The molecule has 1 aliphatic carbocycles. The zero-order valence-electron chi connectivity index (χ0n) is 9.50. The lowest BCUT2D eigenvalue weighted by molar-refractivity contribution is 0.106. The van der Waals surface area contributed by atoms with E-state index in [9.17, 15) is 5.11 Å². The van der Waals surface area contributed by atoms with Gasteiger partial charge in [0.1, 0.15) is 18.0 Å². The number of aliphatic hydroxyl groups excluding tert-OH is 1. The molecule has 88 valence electrons. The van der Waals surface area contributed by atoms with Gasteiger partial charge in [-0.1, -0.05) is 12.8 Å². The first kappa shape index (κ1) is 11.1. The molecule has 5 nitrogen and oxygen atoms in total. The molecule has 1 aromatic heterocycles. The van der Waals surface area contributed by atoms with Gasteiger partial charge in [-0.2, -0.15) is 0 Å². The van der Waals surface area contributed by atoms with Gasteiger partial charge in [-0.3, -0.25) is 0 Å². The zero-order chi connectivity index (χ0) is 11.5. The minimum absolute atomic E-state index is 0.142. The van der Waals surface area contributed by atoms with Crippen LogP contribution in [0.25, 0.3) is 0 Å². The number of anilines is 2. The Morgan fingerprint density at radius 1 is 1.38 bits per heavy atom. The summed E-state index contributed by atoms with van der Waals surface area (Å²) in [7, 11) is 1.95. The van der Waals surface area contributed by atoms with E-state index in [1.807, 2.05) is 11.9 Å². The monoisotopic (exact) mass is 222 g/mol. The number of aliphatic hydroxyl groups is 1. The Morgan fingerprint density at radius 3 is 2.81 bits per heavy atom. The van der Waals surface area contributed by atoms with Crippen LogP contribution < -0.4 is 10.6 Å². The second kappa shape index (κ2) is 4.65. The summed E-state index contributed by atoms with van der Waals surface area (Å²) < 4.78 is 0. The molecule has 0 aromatic carbocycles. The van der Waals surface area contributed by atoms with Gasteiger partial charge in [-0.25, -0.2) is 9.97 Å². The molecule has 2 unspecified atom stereocenters. The number of hydrogen-bond donors (Lipinski definition) is 2. The van der Waals surface area contributed by atoms with E-state index in [2.05, 4.69) is 9.97 Å². The van der Waals surface area contributed by atoms with Crippen molar-refractivity contribution in [1.82, 2.24) is 9.97 Å². The SMILES string of the molecule is CN(c1cc(N)ncn1)C1CCCCC1O. The predicted molar refractivity (Wildman–Crippen MR) is 63.1 cm³/mol. The summed E-state index contributed by atoms with van der Waals surface area (Å²) in [6.07, 6.45) is 5.33. The standard InChI is InChI=1S/C11H18N4O/c1-15(8-4-2-3-5-9(8)16)11-6-10(12)13-7-14-11/h6-9,16H,2-5H2,1H3,(H2,12,13,14). The third-order valence-corrected chi connectivity index (χ3v) is 3.23. The molecule has 1 saturated carbocycles. The second-order valence-electron chi connectivity index (χ2n) is 4.33. The van der Waals surface area contributed by atoms with Gasteiger partial charge in [0.25, 0.3) is 0 Å². The van der Waals surface area contributed by atoms with Crippen LogP contribution in [0.3, 0.4) is 0 Å². The summed E-state index contributed by atoms with van der Waals surface area (Å²) in [5.41, 5.74) is 5.62. The predicted octanol–water partition coefficient (Wildman–Crippen LogP) is 0.798. The average molecular weight is 222 g/mol. The molecule has 1 aromatic rings. The van der Waals surface area contributed by atoms with E-state index in [1.165, 1.54) is 6.33 Å². The Bertz CT molecular complexity index is 358. The van der Waals surface area contributed by atoms with Crippen molar-refractivity contribution in [1.29, 1.82) is 0 Å². The average Bonchev–Trinajstić information content (AvgIpc) is 2.29. The van der Waals surface area contributed by atoms with Crippen LogP contribution in [0.4, 0.5) is 11.6 Å². The first-order valence-electron chi connectivity index (χ1n) is 5.67. The summed E-state index contributed by atoms with van der Waals surface area (Å²) in [5, 5.41) is 9.95. The number of likely N-dealkylation sites (N-methyl/N-ethyl adjacent to an activating group) is 1. The summed E-state index contributed by atoms with van der Waals surface area (Å²) in [6, 6.07) is 1.88. The van der Waals surface area contributed by atoms with Gasteiger partial charge in [0.15, 0.2) is 0 Å². The Hall–Kier alpha value is -1.36. The summed E-state index contributed by atoms with van der Waals surface area (Å²) in [6.45, 7) is 0.